The molecular weight excluding hydrogens is 190 g/mol. The third-order valence-electron chi connectivity index (χ3n) is 2.18. The molecule has 1 aliphatic rings. The van der Waals surface area contributed by atoms with Crippen molar-refractivity contribution in [1.82, 2.24) is 14.8 Å². The molecule has 1 aromatic rings. The second kappa shape index (κ2) is 3.47. The number of hydrogen-bond acceptors (Lipinski definition) is 3. The predicted molar refractivity (Wildman–Crippen MR) is 49.2 cm³/mol. The van der Waals surface area contributed by atoms with E-state index in [1.807, 2.05) is 0 Å². The van der Waals surface area contributed by atoms with Crippen molar-refractivity contribution in [3.8, 4) is 0 Å². The first-order chi connectivity index (χ1) is 6.27. The monoisotopic (exact) mass is 201 g/mol. The van der Waals surface area contributed by atoms with Gasteiger partial charge in [-0.25, -0.2) is 9.89 Å². The lowest BCUT2D eigenvalue weighted by atomic mass is 10.2. The van der Waals surface area contributed by atoms with Crippen LogP contribution in [0.15, 0.2) is 4.79 Å². The van der Waals surface area contributed by atoms with Crippen molar-refractivity contribution in [2.75, 3.05) is 6.61 Å². The minimum Gasteiger partial charge on any atom is -0.376 e. The van der Waals surface area contributed by atoms with E-state index >= 15 is 0 Å². The SMILES string of the molecule is O=c1[nH][nH]c(=S)n1C[C@@H]1CCCO1. The summed E-state index contributed by atoms with van der Waals surface area (Å²) < 4.78 is 7.32. The number of H-pyrrole nitrogens is 2. The van der Waals surface area contributed by atoms with Crippen molar-refractivity contribution >= 4 is 12.2 Å². The summed E-state index contributed by atoms with van der Waals surface area (Å²) >= 11 is 4.93. The first-order valence-electron chi connectivity index (χ1n) is 4.26. The molecule has 1 aliphatic heterocycles. The fourth-order valence-electron chi connectivity index (χ4n) is 1.49. The normalized spacial score (nSPS) is 22.3. The predicted octanol–water partition coefficient (Wildman–Crippen LogP) is 0.413. The molecule has 1 saturated heterocycles. The minimum absolute atomic E-state index is 0.142. The van der Waals surface area contributed by atoms with Crippen LogP contribution >= 0.6 is 12.2 Å². The largest absolute Gasteiger partial charge is 0.376 e. The molecule has 1 atom stereocenters. The number of hydrogen-bond donors (Lipinski definition) is 2. The molecule has 0 spiro atoms. The molecule has 6 heteroatoms. The van der Waals surface area contributed by atoms with Crippen molar-refractivity contribution in [2.24, 2.45) is 0 Å². The van der Waals surface area contributed by atoms with Crippen LogP contribution in [0.25, 0.3) is 0 Å². The van der Waals surface area contributed by atoms with Gasteiger partial charge in [-0.15, -0.1) is 0 Å². The van der Waals surface area contributed by atoms with E-state index in [1.54, 1.807) is 0 Å². The Bertz CT molecular complexity index is 357. The lowest BCUT2D eigenvalue weighted by Crippen LogP contribution is -2.24. The number of aromatic amines is 2. The van der Waals surface area contributed by atoms with Gasteiger partial charge in [-0.3, -0.25) is 9.67 Å². The smallest absolute Gasteiger partial charge is 0.342 e. The molecule has 2 N–H and O–H groups in total. The first kappa shape index (κ1) is 8.71. The number of nitrogens with zero attached hydrogens (tertiary/aromatic N) is 1. The van der Waals surface area contributed by atoms with Crippen molar-refractivity contribution in [3.63, 3.8) is 0 Å². The highest BCUT2D eigenvalue weighted by molar-refractivity contribution is 7.71. The molecule has 2 heterocycles. The van der Waals surface area contributed by atoms with Crippen molar-refractivity contribution < 1.29 is 4.74 Å². The van der Waals surface area contributed by atoms with Crippen LogP contribution in [0.4, 0.5) is 0 Å². The van der Waals surface area contributed by atoms with Crippen LogP contribution in [0.5, 0.6) is 0 Å². The van der Waals surface area contributed by atoms with E-state index in [0.717, 1.165) is 19.4 Å². The average molecular weight is 201 g/mol. The second-order valence-corrected chi connectivity index (χ2v) is 3.49. The molecule has 0 aliphatic carbocycles. The van der Waals surface area contributed by atoms with Gasteiger partial charge in [0.25, 0.3) is 0 Å². The zero-order valence-electron chi connectivity index (χ0n) is 7.08. The zero-order valence-corrected chi connectivity index (χ0v) is 7.89. The Hall–Kier alpha value is -0.880. The molecule has 72 valence electrons. The average Bonchev–Trinajstić information content (AvgIpc) is 2.70. The van der Waals surface area contributed by atoms with Gasteiger partial charge in [0.1, 0.15) is 0 Å². The quantitative estimate of drug-likeness (QED) is 0.681. The van der Waals surface area contributed by atoms with E-state index in [0.29, 0.717) is 11.3 Å². The van der Waals surface area contributed by atoms with Gasteiger partial charge in [-0.2, -0.15) is 0 Å². The van der Waals surface area contributed by atoms with Gasteiger partial charge >= 0.3 is 5.69 Å². The van der Waals surface area contributed by atoms with Crippen molar-refractivity contribution in [3.05, 3.63) is 15.3 Å². The molecule has 0 unspecified atom stereocenters. The summed E-state index contributed by atoms with van der Waals surface area (Å²) in [5.41, 5.74) is -0.194. The van der Waals surface area contributed by atoms with Gasteiger partial charge in [0, 0.05) is 6.61 Å². The third-order valence-corrected chi connectivity index (χ3v) is 2.50. The number of nitrogens with one attached hydrogen (secondary N) is 2. The molecule has 2 rings (SSSR count). The lowest BCUT2D eigenvalue weighted by Gasteiger charge is -2.07. The first-order valence-corrected chi connectivity index (χ1v) is 4.67. The summed E-state index contributed by atoms with van der Waals surface area (Å²) in [6, 6.07) is 0. The van der Waals surface area contributed by atoms with Crippen LogP contribution < -0.4 is 5.69 Å². The van der Waals surface area contributed by atoms with E-state index in [1.165, 1.54) is 4.57 Å². The summed E-state index contributed by atoms with van der Waals surface area (Å²) in [6.45, 7) is 1.35. The Morgan fingerprint density at radius 1 is 1.62 bits per heavy atom. The molecule has 0 bridgehead atoms. The fraction of sp³-hybridized carbons (Fsp3) is 0.714. The van der Waals surface area contributed by atoms with Crippen molar-refractivity contribution in [1.29, 1.82) is 0 Å². The van der Waals surface area contributed by atoms with Gasteiger partial charge < -0.3 is 4.74 Å². The Balaban J connectivity index is 2.17. The summed E-state index contributed by atoms with van der Waals surface area (Å²) in [7, 11) is 0. The van der Waals surface area contributed by atoms with E-state index in [2.05, 4.69) is 10.2 Å². The maximum atomic E-state index is 11.2. The van der Waals surface area contributed by atoms with Gasteiger partial charge in [-0.05, 0) is 25.1 Å². The van der Waals surface area contributed by atoms with E-state index < -0.39 is 0 Å². The van der Waals surface area contributed by atoms with Crippen LogP contribution in [0.1, 0.15) is 12.8 Å². The van der Waals surface area contributed by atoms with Crippen molar-refractivity contribution in [2.45, 2.75) is 25.5 Å². The summed E-state index contributed by atoms with van der Waals surface area (Å²) in [5.74, 6) is 0. The Kier molecular flexibility index (Phi) is 2.32. The molecule has 0 amide bonds. The van der Waals surface area contributed by atoms with Crippen LogP contribution in [0.2, 0.25) is 0 Å². The van der Waals surface area contributed by atoms with E-state index in [-0.39, 0.29) is 11.8 Å². The minimum atomic E-state index is -0.194. The number of ether oxygens (including phenoxy) is 1. The van der Waals surface area contributed by atoms with Gasteiger partial charge in [0.15, 0.2) is 4.77 Å². The third kappa shape index (κ3) is 1.73. The van der Waals surface area contributed by atoms with Gasteiger partial charge in [-0.1, -0.05) is 0 Å². The van der Waals surface area contributed by atoms with E-state index in [9.17, 15) is 4.79 Å². The maximum absolute atomic E-state index is 11.2. The van der Waals surface area contributed by atoms with Crippen LogP contribution in [0.3, 0.4) is 0 Å². The Morgan fingerprint density at radius 3 is 3.00 bits per heavy atom. The molecule has 13 heavy (non-hydrogen) atoms. The van der Waals surface area contributed by atoms with Gasteiger partial charge in [0.2, 0.25) is 0 Å². The van der Waals surface area contributed by atoms with Gasteiger partial charge in [0.05, 0.1) is 12.6 Å². The number of aromatic nitrogens is 3. The zero-order chi connectivity index (χ0) is 9.26. The summed E-state index contributed by atoms with van der Waals surface area (Å²) in [5, 5.41) is 5.03. The molecule has 1 aromatic heterocycles. The summed E-state index contributed by atoms with van der Waals surface area (Å²) in [4.78, 5) is 11.2. The standard InChI is InChI=1S/C7H11N3O2S/c11-6-8-9-7(13)10(6)4-5-2-1-3-12-5/h5H,1-4H2,(H,8,11)(H,9,13)/t5-/m0/s1. The highest BCUT2D eigenvalue weighted by atomic mass is 32.1. The Morgan fingerprint density at radius 2 is 2.46 bits per heavy atom. The molecular formula is C7H11N3O2S. The number of rotatable bonds is 2. The molecule has 0 aromatic carbocycles. The Labute approximate surface area is 79.7 Å². The maximum Gasteiger partial charge on any atom is 0.342 e. The molecule has 0 saturated carbocycles. The van der Waals surface area contributed by atoms with Crippen LogP contribution in [0, 0.1) is 4.77 Å². The second-order valence-electron chi connectivity index (χ2n) is 3.11. The molecule has 1 fully saturated rings. The highest BCUT2D eigenvalue weighted by Crippen LogP contribution is 2.12. The summed E-state index contributed by atoms with van der Waals surface area (Å²) in [6.07, 6.45) is 2.22. The molecule has 0 radical (unpaired) electrons. The fourth-order valence-corrected chi connectivity index (χ4v) is 1.70. The van der Waals surface area contributed by atoms with E-state index in [4.69, 9.17) is 17.0 Å². The topological polar surface area (TPSA) is 62.8 Å². The molecule has 5 nitrogen and oxygen atoms in total. The highest BCUT2D eigenvalue weighted by Gasteiger charge is 2.17. The lowest BCUT2D eigenvalue weighted by molar-refractivity contribution is 0.0958. The van der Waals surface area contributed by atoms with Crippen LogP contribution in [-0.4, -0.2) is 27.5 Å². The van der Waals surface area contributed by atoms with Crippen LogP contribution in [-0.2, 0) is 11.3 Å².